The molecular weight excluding hydrogens is 204 g/mol. The van der Waals surface area contributed by atoms with Crippen molar-refractivity contribution < 1.29 is 4.92 Å². The first-order valence-corrected chi connectivity index (χ1v) is 5.42. The second-order valence-electron chi connectivity index (χ2n) is 5.10. The normalized spacial score (nSPS) is 21.6. The van der Waals surface area contributed by atoms with Crippen molar-refractivity contribution in [3.63, 3.8) is 0 Å². The van der Waals surface area contributed by atoms with Crippen molar-refractivity contribution in [1.82, 2.24) is 0 Å². The molecule has 1 fully saturated rings. The minimum Gasteiger partial charge on any atom is -0.381 e. The van der Waals surface area contributed by atoms with Gasteiger partial charge in [-0.05, 0) is 24.8 Å². The molecule has 0 heterocycles. The Kier molecular flexibility index (Phi) is 2.37. The summed E-state index contributed by atoms with van der Waals surface area (Å²) < 4.78 is 0. The van der Waals surface area contributed by atoms with E-state index in [1.165, 1.54) is 0 Å². The zero-order valence-electron chi connectivity index (χ0n) is 9.78. The topological polar surface area (TPSA) is 55.2 Å². The first-order valence-electron chi connectivity index (χ1n) is 5.42. The van der Waals surface area contributed by atoms with Crippen LogP contribution in [0.3, 0.4) is 0 Å². The number of nitro groups is 1. The summed E-state index contributed by atoms with van der Waals surface area (Å²) >= 11 is 0. The molecule has 0 amide bonds. The third-order valence-corrected chi connectivity index (χ3v) is 3.35. The summed E-state index contributed by atoms with van der Waals surface area (Å²) in [5.41, 5.74) is 2.10. The Balaban J connectivity index is 2.22. The van der Waals surface area contributed by atoms with Gasteiger partial charge < -0.3 is 5.32 Å². The van der Waals surface area contributed by atoms with Crippen molar-refractivity contribution in [3.05, 3.63) is 33.9 Å². The van der Waals surface area contributed by atoms with Crippen LogP contribution < -0.4 is 5.32 Å². The summed E-state index contributed by atoms with van der Waals surface area (Å²) in [6.07, 6.45) is 1.12. The van der Waals surface area contributed by atoms with Gasteiger partial charge in [0.15, 0.2) is 0 Å². The van der Waals surface area contributed by atoms with Crippen LogP contribution in [-0.4, -0.2) is 11.0 Å². The lowest BCUT2D eigenvalue weighted by molar-refractivity contribution is -0.385. The number of hydrogen-bond donors (Lipinski definition) is 1. The van der Waals surface area contributed by atoms with Crippen molar-refractivity contribution in [2.45, 2.75) is 33.2 Å². The molecule has 0 aromatic heterocycles. The quantitative estimate of drug-likeness (QED) is 0.629. The third-order valence-electron chi connectivity index (χ3n) is 3.35. The molecule has 0 aliphatic heterocycles. The monoisotopic (exact) mass is 220 g/mol. The Morgan fingerprint density at radius 3 is 2.62 bits per heavy atom. The van der Waals surface area contributed by atoms with E-state index in [1.807, 2.05) is 6.07 Å². The Labute approximate surface area is 94.8 Å². The molecule has 4 heteroatoms. The van der Waals surface area contributed by atoms with Crippen LogP contribution >= 0.6 is 0 Å². The minimum absolute atomic E-state index is 0.184. The van der Waals surface area contributed by atoms with Crippen LogP contribution in [0.25, 0.3) is 0 Å². The molecule has 0 radical (unpaired) electrons. The third kappa shape index (κ3) is 1.87. The second kappa shape index (κ2) is 3.47. The van der Waals surface area contributed by atoms with Gasteiger partial charge in [0.2, 0.25) is 0 Å². The lowest BCUT2D eigenvalue weighted by atomic mass is 10.1. The van der Waals surface area contributed by atoms with E-state index in [2.05, 4.69) is 19.2 Å². The summed E-state index contributed by atoms with van der Waals surface area (Å²) in [7, 11) is 0. The fraction of sp³-hybridized carbons (Fsp3) is 0.500. The molecule has 1 aromatic rings. The number of nitro benzene ring substituents is 1. The first-order chi connectivity index (χ1) is 7.42. The molecule has 0 saturated heterocycles. The van der Waals surface area contributed by atoms with E-state index in [0.717, 1.165) is 17.7 Å². The highest BCUT2D eigenvalue weighted by Crippen LogP contribution is 2.47. The molecule has 1 atom stereocenters. The van der Waals surface area contributed by atoms with Gasteiger partial charge in [0.05, 0.1) is 4.92 Å². The van der Waals surface area contributed by atoms with E-state index in [0.29, 0.717) is 11.5 Å². The maximum atomic E-state index is 10.8. The molecule has 1 unspecified atom stereocenters. The van der Waals surface area contributed by atoms with Gasteiger partial charge in [-0.1, -0.05) is 19.9 Å². The Morgan fingerprint density at radius 1 is 1.50 bits per heavy atom. The Hall–Kier alpha value is -1.58. The smallest absolute Gasteiger partial charge is 0.274 e. The zero-order valence-corrected chi connectivity index (χ0v) is 9.78. The van der Waals surface area contributed by atoms with E-state index >= 15 is 0 Å². The molecule has 1 aromatic carbocycles. The second-order valence-corrected chi connectivity index (χ2v) is 5.10. The van der Waals surface area contributed by atoms with Gasteiger partial charge in [-0.15, -0.1) is 0 Å². The van der Waals surface area contributed by atoms with Crippen molar-refractivity contribution >= 4 is 11.4 Å². The van der Waals surface area contributed by atoms with E-state index in [9.17, 15) is 10.1 Å². The molecule has 86 valence electrons. The standard InChI is InChI=1S/C12H16N2O2/c1-8-9(13-11-7-12(11,2)3)5-4-6-10(8)14(15)16/h4-6,11,13H,7H2,1-3H3. The molecule has 1 aliphatic rings. The average molecular weight is 220 g/mol. The SMILES string of the molecule is Cc1c(NC2CC2(C)C)cccc1[N+](=O)[O-]. The largest absolute Gasteiger partial charge is 0.381 e. The minimum atomic E-state index is -0.335. The highest BCUT2D eigenvalue weighted by atomic mass is 16.6. The van der Waals surface area contributed by atoms with Gasteiger partial charge in [0, 0.05) is 23.4 Å². The van der Waals surface area contributed by atoms with Gasteiger partial charge >= 0.3 is 0 Å². The predicted molar refractivity (Wildman–Crippen MR) is 63.6 cm³/mol. The summed E-state index contributed by atoms with van der Waals surface area (Å²) in [6.45, 7) is 6.17. The van der Waals surface area contributed by atoms with E-state index in [4.69, 9.17) is 0 Å². The highest BCUT2D eigenvalue weighted by Gasteiger charge is 2.45. The molecule has 0 bridgehead atoms. The van der Waals surface area contributed by atoms with E-state index < -0.39 is 0 Å². The van der Waals surface area contributed by atoms with Crippen LogP contribution in [0.1, 0.15) is 25.8 Å². The molecule has 4 nitrogen and oxygen atoms in total. The van der Waals surface area contributed by atoms with Gasteiger partial charge in [0.1, 0.15) is 0 Å². The van der Waals surface area contributed by atoms with Crippen molar-refractivity contribution in [1.29, 1.82) is 0 Å². The Morgan fingerprint density at radius 2 is 2.12 bits per heavy atom. The van der Waals surface area contributed by atoms with Crippen LogP contribution in [0, 0.1) is 22.5 Å². The fourth-order valence-corrected chi connectivity index (χ4v) is 1.88. The lowest BCUT2D eigenvalue weighted by Gasteiger charge is -2.10. The fourth-order valence-electron chi connectivity index (χ4n) is 1.88. The number of benzene rings is 1. The summed E-state index contributed by atoms with van der Waals surface area (Å²) in [4.78, 5) is 10.4. The van der Waals surface area contributed by atoms with Crippen LogP contribution in [0.5, 0.6) is 0 Å². The number of nitrogens with one attached hydrogen (secondary N) is 1. The van der Waals surface area contributed by atoms with Crippen molar-refractivity contribution in [2.75, 3.05) is 5.32 Å². The molecule has 1 N–H and O–H groups in total. The Bertz CT molecular complexity index is 441. The number of rotatable bonds is 3. The highest BCUT2D eigenvalue weighted by molar-refractivity contribution is 5.60. The van der Waals surface area contributed by atoms with E-state index in [-0.39, 0.29) is 10.6 Å². The van der Waals surface area contributed by atoms with Crippen LogP contribution in [-0.2, 0) is 0 Å². The molecule has 2 rings (SSSR count). The molecular formula is C12H16N2O2. The van der Waals surface area contributed by atoms with Gasteiger partial charge in [0.25, 0.3) is 5.69 Å². The maximum absolute atomic E-state index is 10.8. The van der Waals surface area contributed by atoms with Crippen molar-refractivity contribution in [3.8, 4) is 0 Å². The molecule has 1 aliphatic carbocycles. The lowest BCUT2D eigenvalue weighted by Crippen LogP contribution is -2.09. The van der Waals surface area contributed by atoms with Gasteiger partial charge in [-0.3, -0.25) is 10.1 Å². The number of anilines is 1. The van der Waals surface area contributed by atoms with Gasteiger partial charge in [-0.25, -0.2) is 0 Å². The molecule has 16 heavy (non-hydrogen) atoms. The number of nitrogens with zero attached hydrogens (tertiary/aromatic N) is 1. The van der Waals surface area contributed by atoms with Crippen LogP contribution in [0.4, 0.5) is 11.4 Å². The summed E-state index contributed by atoms with van der Waals surface area (Å²) in [5, 5.41) is 14.1. The zero-order chi connectivity index (χ0) is 11.9. The van der Waals surface area contributed by atoms with E-state index in [1.54, 1.807) is 19.1 Å². The maximum Gasteiger partial charge on any atom is 0.274 e. The summed E-state index contributed by atoms with van der Waals surface area (Å²) in [5.74, 6) is 0. The van der Waals surface area contributed by atoms with Gasteiger partial charge in [-0.2, -0.15) is 0 Å². The molecule has 1 saturated carbocycles. The predicted octanol–water partition coefficient (Wildman–Crippen LogP) is 3.11. The average Bonchev–Trinajstić information content (AvgIpc) is 2.77. The van der Waals surface area contributed by atoms with Crippen molar-refractivity contribution in [2.24, 2.45) is 5.41 Å². The van der Waals surface area contributed by atoms with Crippen LogP contribution in [0.2, 0.25) is 0 Å². The summed E-state index contributed by atoms with van der Waals surface area (Å²) in [6, 6.07) is 5.60. The van der Waals surface area contributed by atoms with Crippen LogP contribution in [0.15, 0.2) is 18.2 Å². The number of hydrogen-bond acceptors (Lipinski definition) is 3. The molecule has 0 spiro atoms. The first kappa shape index (κ1) is 10.9.